The van der Waals surface area contributed by atoms with Gasteiger partial charge in [0.1, 0.15) is 0 Å². The molecule has 1 aromatic heterocycles. The van der Waals surface area contributed by atoms with E-state index in [0.717, 1.165) is 5.92 Å². The average Bonchev–Trinajstić information content (AvgIpc) is 2.55. The van der Waals surface area contributed by atoms with E-state index < -0.39 is 0 Å². The van der Waals surface area contributed by atoms with Crippen molar-refractivity contribution < 1.29 is 0 Å². The lowest BCUT2D eigenvalue weighted by molar-refractivity contribution is 0.527. The summed E-state index contributed by atoms with van der Waals surface area (Å²) in [5.41, 5.74) is 1.52. The third-order valence-electron chi connectivity index (χ3n) is 2.33. The molecule has 0 amide bonds. The molecule has 0 saturated heterocycles. The van der Waals surface area contributed by atoms with Gasteiger partial charge in [-0.1, -0.05) is 33.1 Å². The standard InChI is InChI=1S/C12H20S/c1-11(2)6-4-3-5-7-12-8-9-13-10-12/h8-11H,3-7H2,1-2H3. The first kappa shape index (κ1) is 10.8. The largest absolute Gasteiger partial charge is 0.152 e. The van der Waals surface area contributed by atoms with Crippen molar-refractivity contribution in [2.24, 2.45) is 5.92 Å². The number of aryl methyl sites for hydroxylation is 1. The van der Waals surface area contributed by atoms with Crippen LogP contribution in [-0.4, -0.2) is 0 Å². The second-order valence-electron chi connectivity index (χ2n) is 4.12. The van der Waals surface area contributed by atoms with Crippen molar-refractivity contribution in [2.45, 2.75) is 46.0 Å². The smallest absolute Gasteiger partial charge is 0.00613 e. The highest BCUT2D eigenvalue weighted by Gasteiger charge is 1.95. The molecule has 0 radical (unpaired) electrons. The van der Waals surface area contributed by atoms with E-state index in [9.17, 15) is 0 Å². The van der Waals surface area contributed by atoms with Gasteiger partial charge in [-0.25, -0.2) is 0 Å². The Labute approximate surface area is 86.0 Å². The Balaban J connectivity index is 1.96. The summed E-state index contributed by atoms with van der Waals surface area (Å²) in [7, 11) is 0. The van der Waals surface area contributed by atoms with Gasteiger partial charge in [-0.3, -0.25) is 0 Å². The lowest BCUT2D eigenvalue weighted by Crippen LogP contribution is -1.88. The van der Waals surface area contributed by atoms with Gasteiger partial charge in [-0.05, 0) is 41.1 Å². The molecule has 0 unspecified atom stereocenters. The van der Waals surface area contributed by atoms with Gasteiger partial charge < -0.3 is 0 Å². The number of rotatable bonds is 6. The average molecular weight is 196 g/mol. The van der Waals surface area contributed by atoms with Crippen LogP contribution in [0, 0.1) is 5.92 Å². The van der Waals surface area contributed by atoms with Gasteiger partial charge in [0.05, 0.1) is 0 Å². The fourth-order valence-corrected chi connectivity index (χ4v) is 2.20. The number of thiophene rings is 1. The van der Waals surface area contributed by atoms with Gasteiger partial charge in [-0.15, -0.1) is 0 Å². The van der Waals surface area contributed by atoms with Crippen molar-refractivity contribution in [3.63, 3.8) is 0 Å². The van der Waals surface area contributed by atoms with Gasteiger partial charge in [-0.2, -0.15) is 11.3 Å². The minimum Gasteiger partial charge on any atom is -0.152 e. The molecule has 0 aliphatic heterocycles. The van der Waals surface area contributed by atoms with Crippen LogP contribution in [0.15, 0.2) is 16.8 Å². The van der Waals surface area contributed by atoms with Crippen LogP contribution in [0.2, 0.25) is 0 Å². The highest BCUT2D eigenvalue weighted by Crippen LogP contribution is 2.13. The van der Waals surface area contributed by atoms with Crippen molar-refractivity contribution in [1.29, 1.82) is 0 Å². The Kier molecular flexibility index (Phi) is 5.14. The normalized spacial score (nSPS) is 11.0. The maximum Gasteiger partial charge on any atom is -0.00613 e. The molecule has 0 fully saturated rings. The quantitative estimate of drug-likeness (QED) is 0.587. The lowest BCUT2D eigenvalue weighted by atomic mass is 10.0. The van der Waals surface area contributed by atoms with Crippen LogP contribution in [0.3, 0.4) is 0 Å². The molecule has 0 aliphatic carbocycles. The van der Waals surface area contributed by atoms with E-state index in [1.165, 1.54) is 37.7 Å². The first-order valence-electron chi connectivity index (χ1n) is 5.30. The maximum absolute atomic E-state index is 2.30. The summed E-state index contributed by atoms with van der Waals surface area (Å²) in [6.45, 7) is 4.61. The molecule has 0 spiro atoms. The molecule has 1 heteroatoms. The Morgan fingerprint density at radius 1 is 1.23 bits per heavy atom. The summed E-state index contributed by atoms with van der Waals surface area (Å²) in [4.78, 5) is 0. The third-order valence-corrected chi connectivity index (χ3v) is 3.06. The van der Waals surface area contributed by atoms with Crippen LogP contribution in [0.25, 0.3) is 0 Å². The van der Waals surface area contributed by atoms with Crippen LogP contribution >= 0.6 is 11.3 Å². The summed E-state index contributed by atoms with van der Waals surface area (Å²) in [6.07, 6.45) is 6.84. The molecule has 1 heterocycles. The Morgan fingerprint density at radius 2 is 2.08 bits per heavy atom. The third kappa shape index (κ3) is 5.09. The summed E-state index contributed by atoms with van der Waals surface area (Å²) in [6, 6.07) is 2.24. The molecule has 0 atom stereocenters. The topological polar surface area (TPSA) is 0 Å². The monoisotopic (exact) mass is 196 g/mol. The van der Waals surface area contributed by atoms with E-state index in [4.69, 9.17) is 0 Å². The van der Waals surface area contributed by atoms with Crippen LogP contribution in [0.1, 0.15) is 45.1 Å². The zero-order valence-corrected chi connectivity index (χ0v) is 9.57. The Morgan fingerprint density at radius 3 is 2.69 bits per heavy atom. The molecule has 0 aliphatic rings. The number of hydrogen-bond acceptors (Lipinski definition) is 1. The van der Waals surface area contributed by atoms with E-state index in [1.54, 1.807) is 0 Å². The van der Waals surface area contributed by atoms with E-state index >= 15 is 0 Å². The van der Waals surface area contributed by atoms with Crippen LogP contribution in [-0.2, 0) is 6.42 Å². The van der Waals surface area contributed by atoms with Gasteiger partial charge in [0, 0.05) is 0 Å². The summed E-state index contributed by atoms with van der Waals surface area (Å²) < 4.78 is 0. The molecular formula is C12H20S. The molecule has 0 bridgehead atoms. The molecule has 0 aromatic carbocycles. The molecule has 0 saturated carbocycles. The molecule has 74 valence electrons. The van der Waals surface area contributed by atoms with Crippen LogP contribution < -0.4 is 0 Å². The highest BCUT2D eigenvalue weighted by molar-refractivity contribution is 7.07. The molecule has 1 rings (SSSR count). The first-order valence-corrected chi connectivity index (χ1v) is 6.24. The fourth-order valence-electron chi connectivity index (χ4n) is 1.49. The van der Waals surface area contributed by atoms with E-state index in [-0.39, 0.29) is 0 Å². The maximum atomic E-state index is 2.30. The second kappa shape index (κ2) is 6.20. The molecule has 1 aromatic rings. The number of unbranched alkanes of at least 4 members (excludes halogenated alkanes) is 2. The summed E-state index contributed by atoms with van der Waals surface area (Å²) in [5.74, 6) is 0.876. The second-order valence-corrected chi connectivity index (χ2v) is 4.90. The van der Waals surface area contributed by atoms with E-state index in [2.05, 4.69) is 30.7 Å². The SMILES string of the molecule is CC(C)CCCCCc1ccsc1. The predicted molar refractivity (Wildman–Crippen MR) is 61.3 cm³/mol. The minimum atomic E-state index is 0.876. The van der Waals surface area contributed by atoms with Gasteiger partial charge in [0.25, 0.3) is 0 Å². The summed E-state index contributed by atoms with van der Waals surface area (Å²) in [5, 5.41) is 4.44. The summed E-state index contributed by atoms with van der Waals surface area (Å²) >= 11 is 1.81. The molecule has 0 nitrogen and oxygen atoms in total. The van der Waals surface area contributed by atoms with Gasteiger partial charge in [0.2, 0.25) is 0 Å². The van der Waals surface area contributed by atoms with Gasteiger partial charge in [0.15, 0.2) is 0 Å². The molecular weight excluding hydrogens is 176 g/mol. The van der Waals surface area contributed by atoms with Crippen molar-refractivity contribution in [2.75, 3.05) is 0 Å². The lowest BCUT2D eigenvalue weighted by Gasteiger charge is -2.03. The first-order chi connectivity index (χ1) is 6.29. The Bertz CT molecular complexity index is 199. The van der Waals surface area contributed by atoms with Crippen LogP contribution in [0.4, 0.5) is 0 Å². The predicted octanol–water partition coefficient (Wildman–Crippen LogP) is 4.51. The molecule has 0 N–H and O–H groups in total. The number of hydrogen-bond donors (Lipinski definition) is 0. The fraction of sp³-hybridized carbons (Fsp3) is 0.667. The Hall–Kier alpha value is -0.300. The minimum absolute atomic E-state index is 0.876. The zero-order valence-electron chi connectivity index (χ0n) is 8.75. The van der Waals surface area contributed by atoms with E-state index in [0.29, 0.717) is 0 Å². The molecule has 13 heavy (non-hydrogen) atoms. The van der Waals surface area contributed by atoms with E-state index in [1.807, 2.05) is 11.3 Å². The van der Waals surface area contributed by atoms with Crippen molar-refractivity contribution in [3.05, 3.63) is 22.4 Å². The van der Waals surface area contributed by atoms with Crippen LogP contribution in [0.5, 0.6) is 0 Å². The zero-order chi connectivity index (χ0) is 9.52. The van der Waals surface area contributed by atoms with Crippen molar-refractivity contribution in [3.8, 4) is 0 Å². The highest BCUT2D eigenvalue weighted by atomic mass is 32.1. The van der Waals surface area contributed by atoms with Crippen molar-refractivity contribution >= 4 is 11.3 Å². The van der Waals surface area contributed by atoms with Gasteiger partial charge >= 0.3 is 0 Å². The van der Waals surface area contributed by atoms with Crippen molar-refractivity contribution in [1.82, 2.24) is 0 Å².